The number of carbonyl (C=O) groups is 3. The molecule has 8 heteroatoms. The predicted octanol–water partition coefficient (Wildman–Crippen LogP) is 3.42. The van der Waals surface area contributed by atoms with Crippen LogP contribution in [-0.2, 0) is 14.3 Å². The number of alkyl carbamates (subject to hydrolysis) is 1. The Morgan fingerprint density at radius 3 is 2.08 bits per heavy atom. The Bertz CT molecular complexity index is 350. The summed E-state index contributed by atoms with van der Waals surface area (Å²) in [5.74, 6) is 2.19. The van der Waals surface area contributed by atoms with Crippen molar-refractivity contribution in [3.05, 3.63) is 0 Å². The second-order valence-electron chi connectivity index (χ2n) is 5.72. The number of methoxy groups -OCH3 is 1. The summed E-state index contributed by atoms with van der Waals surface area (Å²) in [6.07, 6.45) is 7.74. The summed E-state index contributed by atoms with van der Waals surface area (Å²) in [7, 11) is 2.82. The van der Waals surface area contributed by atoms with Crippen LogP contribution in [0.1, 0.15) is 64.7 Å². The maximum atomic E-state index is 11.1. The highest BCUT2D eigenvalue weighted by atomic mass is 32.2. The molecule has 0 radical (unpaired) electrons. The lowest BCUT2D eigenvalue weighted by molar-refractivity contribution is -0.137. The van der Waals surface area contributed by atoms with Gasteiger partial charge in [-0.3, -0.25) is 9.59 Å². The van der Waals surface area contributed by atoms with E-state index >= 15 is 0 Å². The molecule has 0 spiro atoms. The van der Waals surface area contributed by atoms with Gasteiger partial charge in [-0.15, -0.1) is 0 Å². The normalized spacial score (nSPS) is 12.0. The van der Waals surface area contributed by atoms with E-state index < -0.39 is 12.1 Å². The third kappa shape index (κ3) is 24.8. The van der Waals surface area contributed by atoms with Crippen molar-refractivity contribution in [1.82, 2.24) is 10.6 Å². The lowest BCUT2D eigenvalue weighted by Crippen LogP contribution is -2.23. The van der Waals surface area contributed by atoms with E-state index in [1.54, 1.807) is 0 Å². The van der Waals surface area contributed by atoms with Gasteiger partial charge in [0.15, 0.2) is 0 Å². The van der Waals surface area contributed by atoms with Crippen LogP contribution in [0.2, 0.25) is 0 Å². The van der Waals surface area contributed by atoms with Crippen LogP contribution in [0.5, 0.6) is 0 Å². The van der Waals surface area contributed by atoms with Gasteiger partial charge in [0.25, 0.3) is 0 Å². The number of rotatable bonds is 9. The summed E-state index contributed by atoms with van der Waals surface area (Å²) in [6, 6.07) is 0. The maximum absolute atomic E-state index is 11.1. The van der Waals surface area contributed by atoms with Crippen molar-refractivity contribution in [2.24, 2.45) is 0 Å². The quantitative estimate of drug-likeness (QED) is 0.519. The topological polar surface area (TPSA) is 105 Å². The highest BCUT2D eigenvalue weighted by Crippen LogP contribution is 2.14. The van der Waals surface area contributed by atoms with Crippen LogP contribution >= 0.6 is 11.8 Å². The molecule has 2 amide bonds. The van der Waals surface area contributed by atoms with Gasteiger partial charge in [0.1, 0.15) is 0 Å². The van der Waals surface area contributed by atoms with Crippen molar-refractivity contribution in [2.75, 3.05) is 32.2 Å². The van der Waals surface area contributed by atoms with Gasteiger partial charge in [-0.2, -0.15) is 11.8 Å². The minimum absolute atomic E-state index is 0.107. The summed E-state index contributed by atoms with van der Waals surface area (Å²) in [6.45, 7) is 2.72. The van der Waals surface area contributed by atoms with Crippen LogP contribution in [0, 0.1) is 0 Å². The number of hydrogen-bond acceptors (Lipinski definition) is 5. The highest BCUT2D eigenvalue weighted by Gasteiger charge is 2.00. The van der Waals surface area contributed by atoms with Gasteiger partial charge in [0, 0.05) is 26.4 Å². The summed E-state index contributed by atoms with van der Waals surface area (Å²) < 4.78 is 4.15. The molecule has 1 aliphatic rings. The Hall–Kier alpha value is -1.44. The van der Waals surface area contributed by atoms with E-state index in [0.717, 1.165) is 25.7 Å². The van der Waals surface area contributed by atoms with E-state index in [-0.39, 0.29) is 12.3 Å². The highest BCUT2D eigenvalue weighted by molar-refractivity contribution is 7.99. The zero-order valence-electron chi connectivity index (χ0n) is 16.5. The maximum Gasteiger partial charge on any atom is 0.406 e. The Balaban J connectivity index is 0. The molecule has 1 rings (SSSR count). The lowest BCUT2D eigenvalue weighted by Gasteiger charge is -2.03. The van der Waals surface area contributed by atoms with Crippen LogP contribution in [0.25, 0.3) is 0 Å². The molecule has 1 heterocycles. The molecule has 0 aromatic carbocycles. The van der Waals surface area contributed by atoms with Crippen molar-refractivity contribution in [1.29, 1.82) is 0 Å². The predicted molar refractivity (Wildman–Crippen MR) is 107 cm³/mol. The molecule has 0 aliphatic carbocycles. The van der Waals surface area contributed by atoms with Crippen LogP contribution in [0.4, 0.5) is 4.79 Å². The van der Waals surface area contributed by atoms with E-state index in [1.807, 2.05) is 0 Å². The molecule has 3 N–H and O–H groups in total. The van der Waals surface area contributed by atoms with E-state index in [0.29, 0.717) is 19.4 Å². The smallest absolute Gasteiger partial charge is 0.406 e. The average molecular weight is 393 g/mol. The van der Waals surface area contributed by atoms with Gasteiger partial charge in [-0.05, 0) is 43.6 Å². The van der Waals surface area contributed by atoms with Gasteiger partial charge in [-0.25, -0.2) is 4.79 Å². The zero-order valence-corrected chi connectivity index (χ0v) is 17.3. The molecule has 0 bridgehead atoms. The summed E-state index contributed by atoms with van der Waals surface area (Å²) in [4.78, 5) is 31.2. The molecule has 0 saturated carbocycles. The number of aliphatic carboxylic acids is 1. The summed E-state index contributed by atoms with van der Waals surface area (Å²) in [5, 5.41) is 13.5. The molecule has 1 aliphatic heterocycles. The van der Waals surface area contributed by atoms with Crippen molar-refractivity contribution in [2.45, 2.75) is 64.7 Å². The molecule has 154 valence electrons. The SMILES string of the molecule is C1CCSC1.CCCCC(=O)NCCCCCC(=O)O.CNC(=O)OC. The van der Waals surface area contributed by atoms with Gasteiger partial charge in [0.2, 0.25) is 5.91 Å². The monoisotopic (exact) mass is 392 g/mol. The van der Waals surface area contributed by atoms with Crippen molar-refractivity contribution >= 4 is 29.7 Å². The first-order chi connectivity index (χ1) is 12.5. The standard InChI is InChI=1S/C11H21NO3.C4H8S.C3H7NO2/c1-2-3-7-10(13)12-9-6-4-5-8-11(14)15;1-2-4-5-3-1;1-4-3(5)6-2/h2-9H2,1H3,(H,12,13)(H,14,15);1-4H2;1-2H3,(H,4,5). The van der Waals surface area contributed by atoms with Crippen LogP contribution < -0.4 is 10.6 Å². The molecule has 1 fully saturated rings. The fraction of sp³-hybridized carbons (Fsp3) is 0.833. The summed E-state index contributed by atoms with van der Waals surface area (Å²) in [5.41, 5.74) is 0. The minimum atomic E-state index is -0.748. The van der Waals surface area contributed by atoms with Crippen molar-refractivity contribution < 1.29 is 24.2 Å². The van der Waals surface area contributed by atoms with E-state index in [9.17, 15) is 14.4 Å². The fourth-order valence-electron chi connectivity index (χ4n) is 1.84. The molecular weight excluding hydrogens is 356 g/mol. The van der Waals surface area contributed by atoms with Crippen molar-refractivity contribution in [3.63, 3.8) is 0 Å². The van der Waals surface area contributed by atoms with Crippen LogP contribution in [-0.4, -0.2) is 55.3 Å². The number of carboxylic acid groups (broad SMARTS) is 1. The molecule has 26 heavy (non-hydrogen) atoms. The summed E-state index contributed by atoms with van der Waals surface area (Å²) >= 11 is 2.07. The largest absolute Gasteiger partial charge is 0.481 e. The first kappa shape index (κ1) is 26.8. The number of nitrogens with one attached hydrogen (secondary N) is 2. The Morgan fingerprint density at radius 2 is 1.69 bits per heavy atom. The molecule has 0 aromatic rings. The third-order valence-electron chi connectivity index (χ3n) is 3.36. The number of thioether (sulfide) groups is 1. The Kier molecular flexibility index (Phi) is 22.3. The number of hydrogen-bond donors (Lipinski definition) is 3. The first-order valence-electron chi connectivity index (χ1n) is 9.29. The number of carbonyl (C=O) groups excluding carboxylic acids is 2. The van der Waals surface area contributed by atoms with Crippen LogP contribution in [0.15, 0.2) is 0 Å². The minimum Gasteiger partial charge on any atom is -0.481 e. The van der Waals surface area contributed by atoms with Gasteiger partial charge >= 0.3 is 12.1 Å². The number of amides is 2. The van der Waals surface area contributed by atoms with E-state index in [2.05, 4.69) is 34.1 Å². The zero-order chi connectivity index (χ0) is 20.0. The lowest BCUT2D eigenvalue weighted by atomic mass is 10.2. The fourth-order valence-corrected chi connectivity index (χ4v) is 2.86. The van der Waals surface area contributed by atoms with Gasteiger partial charge in [0.05, 0.1) is 7.11 Å². The molecule has 0 atom stereocenters. The van der Waals surface area contributed by atoms with Crippen molar-refractivity contribution in [3.8, 4) is 0 Å². The Labute approximate surface area is 162 Å². The van der Waals surface area contributed by atoms with Crippen LogP contribution in [0.3, 0.4) is 0 Å². The van der Waals surface area contributed by atoms with E-state index in [1.165, 1.54) is 38.5 Å². The number of ether oxygens (including phenoxy) is 1. The molecule has 7 nitrogen and oxygen atoms in total. The number of carboxylic acids is 1. The second-order valence-corrected chi connectivity index (χ2v) is 6.94. The molecule has 0 unspecified atom stereocenters. The number of unbranched alkanes of at least 4 members (excludes halogenated alkanes) is 3. The third-order valence-corrected chi connectivity index (χ3v) is 4.52. The molecular formula is C18H36N2O5S. The second kappa shape index (κ2) is 21.6. The molecule has 1 saturated heterocycles. The van der Waals surface area contributed by atoms with Gasteiger partial charge in [-0.1, -0.05) is 19.8 Å². The molecule has 0 aromatic heterocycles. The first-order valence-corrected chi connectivity index (χ1v) is 10.4. The average Bonchev–Trinajstić information content (AvgIpc) is 3.22. The van der Waals surface area contributed by atoms with Gasteiger partial charge < -0.3 is 20.5 Å². The Morgan fingerprint density at radius 1 is 1.04 bits per heavy atom. The van der Waals surface area contributed by atoms with E-state index in [4.69, 9.17) is 5.11 Å².